The zero-order valence-electron chi connectivity index (χ0n) is 26.2. The zero-order chi connectivity index (χ0) is 31.5. The first-order chi connectivity index (χ1) is 20.3. The second kappa shape index (κ2) is 13.4. The fourth-order valence-electron chi connectivity index (χ4n) is 7.47. The largest absolute Gasteiger partial charge is 0.458 e. The van der Waals surface area contributed by atoms with Crippen molar-refractivity contribution in [2.24, 2.45) is 35.0 Å². The van der Waals surface area contributed by atoms with Crippen molar-refractivity contribution in [3.05, 3.63) is 91.6 Å². The van der Waals surface area contributed by atoms with Crippen LogP contribution in [0.1, 0.15) is 96.3 Å². The number of allylic oxidation sites excluding steroid dienone is 6. The van der Waals surface area contributed by atoms with Crippen molar-refractivity contribution in [3.8, 4) is 0 Å². The van der Waals surface area contributed by atoms with E-state index in [1.165, 1.54) is 31.3 Å². The van der Waals surface area contributed by atoms with Gasteiger partial charge < -0.3 is 4.74 Å². The first-order valence-electron chi connectivity index (χ1n) is 15.7. The predicted octanol–water partition coefficient (Wildman–Crippen LogP) is 9.32. The van der Waals surface area contributed by atoms with Crippen molar-refractivity contribution in [1.29, 1.82) is 0 Å². The molecule has 3 fully saturated rings. The van der Waals surface area contributed by atoms with Crippen LogP contribution < -0.4 is 0 Å². The molecule has 0 aliphatic heterocycles. The van der Waals surface area contributed by atoms with Crippen molar-refractivity contribution in [2.45, 2.75) is 92.1 Å². The highest BCUT2D eigenvalue weighted by Gasteiger charge is 2.50. The Morgan fingerprint density at radius 1 is 1.00 bits per heavy atom. The maximum Gasteiger partial charge on any atom is 0.338 e. The molecule has 1 aromatic carbocycles. The standard InChI is InChI=1S/C35H46N2O6/c1-22(2)23(3)9-10-25(5)32-15-16-33-26(8-7-17-35(32,33)6)12-13-27-20-31(14-11-24(27)4)43-34(38)28-18-29(36(39)40)21-30(19-28)37(41)42/h9-10,12-13,18-19,21-23,25,31-33H,4,7-8,11,14-17,20H2,1-3,5-6H3/b10-9+,26-12+,27-13?/t23-,25+,31-,32?,33?,35+/m0/s1. The molecule has 3 aliphatic carbocycles. The van der Waals surface area contributed by atoms with E-state index >= 15 is 0 Å². The third-order valence-corrected chi connectivity index (χ3v) is 10.4. The molecule has 0 amide bonds. The molecule has 8 heteroatoms. The van der Waals surface area contributed by atoms with Gasteiger partial charge in [-0.3, -0.25) is 20.2 Å². The van der Waals surface area contributed by atoms with Crippen LogP contribution in [0.2, 0.25) is 0 Å². The number of fused-ring (bicyclic) bond motifs is 1. The molecule has 0 spiro atoms. The lowest BCUT2D eigenvalue weighted by Gasteiger charge is -2.44. The quantitative estimate of drug-likeness (QED) is 0.123. The summed E-state index contributed by atoms with van der Waals surface area (Å²) >= 11 is 0. The molecule has 0 saturated heterocycles. The van der Waals surface area contributed by atoms with Gasteiger partial charge in [0.1, 0.15) is 6.10 Å². The van der Waals surface area contributed by atoms with Gasteiger partial charge in [-0.05, 0) is 85.5 Å². The van der Waals surface area contributed by atoms with E-state index in [0.717, 1.165) is 35.8 Å². The Bertz CT molecular complexity index is 1330. The molecule has 8 nitrogen and oxygen atoms in total. The van der Waals surface area contributed by atoms with Crippen LogP contribution in [-0.2, 0) is 4.74 Å². The molecule has 0 heterocycles. The van der Waals surface area contributed by atoms with Gasteiger partial charge in [0.25, 0.3) is 11.4 Å². The molecule has 0 aromatic heterocycles. The van der Waals surface area contributed by atoms with Gasteiger partial charge in [0.2, 0.25) is 0 Å². The number of carbonyl (C=O) groups excluding carboxylic acids is 1. The summed E-state index contributed by atoms with van der Waals surface area (Å²) in [4.78, 5) is 33.9. The van der Waals surface area contributed by atoms with Crippen molar-refractivity contribution in [1.82, 2.24) is 0 Å². The molecule has 0 bridgehead atoms. The average molecular weight is 591 g/mol. The Morgan fingerprint density at radius 3 is 2.30 bits per heavy atom. The van der Waals surface area contributed by atoms with Crippen molar-refractivity contribution < 1.29 is 19.4 Å². The second-order valence-electron chi connectivity index (χ2n) is 13.5. The van der Waals surface area contributed by atoms with Crippen molar-refractivity contribution in [3.63, 3.8) is 0 Å². The van der Waals surface area contributed by atoms with Crippen LogP contribution in [0.15, 0.2) is 65.8 Å². The molecule has 3 aliphatic rings. The van der Waals surface area contributed by atoms with E-state index < -0.39 is 33.3 Å². The fourth-order valence-corrected chi connectivity index (χ4v) is 7.47. The maximum absolute atomic E-state index is 12.9. The van der Waals surface area contributed by atoms with Crippen LogP contribution in [0, 0.1) is 55.2 Å². The molecule has 6 atom stereocenters. The number of benzene rings is 1. The summed E-state index contributed by atoms with van der Waals surface area (Å²) in [5, 5.41) is 22.5. The lowest BCUT2D eigenvalue weighted by Crippen LogP contribution is -2.35. The summed E-state index contributed by atoms with van der Waals surface area (Å²) in [6.45, 7) is 16.0. The number of ether oxygens (including phenoxy) is 1. The predicted molar refractivity (Wildman–Crippen MR) is 169 cm³/mol. The summed E-state index contributed by atoms with van der Waals surface area (Å²) in [5.41, 5.74) is 2.63. The number of nitro benzene ring substituents is 2. The number of non-ortho nitro benzene ring substituents is 2. The lowest BCUT2D eigenvalue weighted by molar-refractivity contribution is -0.394. The van der Waals surface area contributed by atoms with Crippen LogP contribution in [0.25, 0.3) is 0 Å². The van der Waals surface area contributed by atoms with Gasteiger partial charge in [-0.2, -0.15) is 0 Å². The maximum atomic E-state index is 12.9. The minimum absolute atomic E-state index is 0.196. The van der Waals surface area contributed by atoms with Gasteiger partial charge in [0.15, 0.2) is 0 Å². The minimum atomic E-state index is -0.798. The van der Waals surface area contributed by atoms with Gasteiger partial charge >= 0.3 is 5.97 Å². The summed E-state index contributed by atoms with van der Waals surface area (Å²) in [6, 6.07) is 2.88. The highest BCUT2D eigenvalue weighted by Crippen LogP contribution is 2.59. The van der Waals surface area contributed by atoms with Gasteiger partial charge in [0, 0.05) is 18.6 Å². The Kier molecular flexibility index (Phi) is 10.1. The molecule has 4 rings (SSSR count). The van der Waals surface area contributed by atoms with E-state index in [2.05, 4.69) is 65.5 Å². The van der Waals surface area contributed by atoms with E-state index in [4.69, 9.17) is 4.74 Å². The molecule has 43 heavy (non-hydrogen) atoms. The fraction of sp³-hybridized carbons (Fsp3) is 0.571. The Morgan fingerprint density at radius 2 is 1.67 bits per heavy atom. The number of hydrogen-bond donors (Lipinski definition) is 0. The van der Waals surface area contributed by atoms with E-state index in [0.29, 0.717) is 48.9 Å². The Balaban J connectivity index is 1.47. The Hall–Kier alpha value is -3.55. The number of esters is 1. The zero-order valence-corrected chi connectivity index (χ0v) is 26.2. The molecule has 0 N–H and O–H groups in total. The minimum Gasteiger partial charge on any atom is -0.458 e. The highest BCUT2D eigenvalue weighted by molar-refractivity contribution is 5.91. The SMILES string of the molecule is C=C1CC[C@H](OC(=O)c2cc([N+](=O)[O-])cc([N+](=O)[O-])c2)CC1=C/C=C1\CCC[C@@]2(C)C1CCC2[C@H](C)/C=C/[C@H](C)C(C)C. The van der Waals surface area contributed by atoms with Crippen molar-refractivity contribution in [2.75, 3.05) is 0 Å². The summed E-state index contributed by atoms with van der Waals surface area (Å²) in [7, 11) is 0. The lowest BCUT2D eigenvalue weighted by atomic mass is 9.61. The molecule has 1 aromatic rings. The monoisotopic (exact) mass is 590 g/mol. The van der Waals surface area contributed by atoms with Crippen LogP contribution in [0.5, 0.6) is 0 Å². The molecule has 232 valence electrons. The summed E-state index contributed by atoms with van der Waals surface area (Å²) in [5.74, 6) is 2.21. The number of hydrogen-bond acceptors (Lipinski definition) is 6. The van der Waals surface area contributed by atoms with Crippen LogP contribution in [0.3, 0.4) is 0 Å². The number of nitro groups is 2. The first-order valence-corrected chi connectivity index (χ1v) is 15.7. The van der Waals surface area contributed by atoms with E-state index in [1.54, 1.807) is 0 Å². The van der Waals surface area contributed by atoms with E-state index in [1.807, 2.05) is 0 Å². The van der Waals surface area contributed by atoms with Gasteiger partial charge in [-0.15, -0.1) is 0 Å². The normalized spacial score (nSPS) is 29.2. The molecular formula is C35H46N2O6. The van der Waals surface area contributed by atoms with Crippen LogP contribution in [-0.4, -0.2) is 21.9 Å². The molecule has 0 radical (unpaired) electrons. The highest BCUT2D eigenvalue weighted by atomic mass is 16.6. The van der Waals surface area contributed by atoms with Crippen molar-refractivity contribution >= 4 is 17.3 Å². The smallest absolute Gasteiger partial charge is 0.338 e. The molecular weight excluding hydrogens is 544 g/mol. The first kappa shape index (κ1) is 32.4. The third kappa shape index (κ3) is 7.34. The second-order valence-corrected chi connectivity index (χ2v) is 13.5. The average Bonchev–Trinajstić information content (AvgIpc) is 3.33. The van der Waals surface area contributed by atoms with E-state index in [9.17, 15) is 25.0 Å². The van der Waals surface area contributed by atoms with Gasteiger partial charge in [-0.25, -0.2) is 4.79 Å². The van der Waals surface area contributed by atoms with E-state index in [-0.39, 0.29) is 11.0 Å². The number of nitrogens with zero attached hydrogens (tertiary/aromatic N) is 2. The van der Waals surface area contributed by atoms with Gasteiger partial charge in [0.05, 0.1) is 21.5 Å². The Labute approximate surface area is 255 Å². The summed E-state index contributed by atoms with van der Waals surface area (Å²) in [6.07, 6.45) is 16.6. The topological polar surface area (TPSA) is 113 Å². The number of rotatable bonds is 9. The molecule has 2 unspecified atom stereocenters. The molecule has 3 saturated carbocycles. The van der Waals surface area contributed by atoms with Crippen LogP contribution >= 0.6 is 0 Å². The van der Waals surface area contributed by atoms with Gasteiger partial charge in [-0.1, -0.05) is 76.6 Å². The number of carbonyl (C=O) groups is 1. The summed E-state index contributed by atoms with van der Waals surface area (Å²) < 4.78 is 5.70. The van der Waals surface area contributed by atoms with Crippen LogP contribution in [0.4, 0.5) is 11.4 Å². The third-order valence-electron chi connectivity index (χ3n) is 10.4.